The van der Waals surface area contributed by atoms with E-state index in [4.69, 9.17) is 0 Å². The number of hydrogen-bond acceptors (Lipinski definition) is 7. The van der Waals surface area contributed by atoms with Crippen LogP contribution >= 0.6 is 0 Å². The smallest absolute Gasteiger partial charge is 0.266 e. The zero-order valence-electron chi connectivity index (χ0n) is 17.1. The molecular weight excluding hydrogens is 368 g/mol. The molecule has 29 heavy (non-hydrogen) atoms. The third kappa shape index (κ3) is 4.34. The molecule has 0 aromatic carbocycles. The van der Waals surface area contributed by atoms with Crippen molar-refractivity contribution in [2.24, 2.45) is 0 Å². The molecule has 152 valence electrons. The van der Waals surface area contributed by atoms with E-state index in [0.717, 1.165) is 55.6 Å². The second kappa shape index (κ2) is 8.12. The van der Waals surface area contributed by atoms with Crippen molar-refractivity contribution in [3.63, 3.8) is 0 Å². The second-order valence-electron chi connectivity index (χ2n) is 7.45. The maximum absolute atomic E-state index is 12.3. The number of hydrogen-bond donors (Lipinski definition) is 0. The molecule has 1 fully saturated rings. The van der Waals surface area contributed by atoms with Crippen molar-refractivity contribution >= 4 is 5.82 Å². The molecule has 1 aliphatic rings. The van der Waals surface area contributed by atoms with Gasteiger partial charge in [-0.1, -0.05) is 0 Å². The van der Waals surface area contributed by atoms with Crippen molar-refractivity contribution < 1.29 is 0 Å². The fourth-order valence-electron chi connectivity index (χ4n) is 3.57. The molecule has 9 heteroatoms. The fourth-order valence-corrected chi connectivity index (χ4v) is 3.57. The zero-order valence-corrected chi connectivity index (χ0v) is 17.1. The highest BCUT2D eigenvalue weighted by atomic mass is 16.1. The van der Waals surface area contributed by atoms with Gasteiger partial charge in [-0.05, 0) is 45.0 Å². The zero-order chi connectivity index (χ0) is 20.4. The number of rotatable bonds is 5. The van der Waals surface area contributed by atoms with Crippen LogP contribution in [0.5, 0.6) is 0 Å². The molecule has 0 aliphatic carbocycles. The average Bonchev–Trinajstić information content (AvgIpc) is 3.06. The van der Waals surface area contributed by atoms with Crippen LogP contribution < -0.4 is 10.5 Å². The van der Waals surface area contributed by atoms with Gasteiger partial charge in [-0.15, -0.1) is 10.2 Å². The summed E-state index contributed by atoms with van der Waals surface area (Å²) in [6, 6.07) is 9.29. The predicted octanol–water partition coefficient (Wildman–Crippen LogP) is 0.966. The summed E-state index contributed by atoms with van der Waals surface area (Å²) >= 11 is 0. The molecule has 0 saturated carbocycles. The maximum atomic E-state index is 12.3. The Morgan fingerprint density at radius 2 is 1.59 bits per heavy atom. The lowest BCUT2D eigenvalue weighted by Gasteiger charge is -2.35. The normalized spacial score (nSPS) is 15.1. The predicted molar refractivity (Wildman–Crippen MR) is 111 cm³/mol. The Morgan fingerprint density at radius 1 is 0.828 bits per heavy atom. The largest absolute Gasteiger partial charge is 0.353 e. The van der Waals surface area contributed by atoms with Gasteiger partial charge in [-0.3, -0.25) is 9.69 Å². The van der Waals surface area contributed by atoms with E-state index in [2.05, 4.69) is 30.2 Å². The first-order valence-electron chi connectivity index (χ1n) is 9.89. The van der Waals surface area contributed by atoms with Crippen LogP contribution in [0.4, 0.5) is 5.82 Å². The highest BCUT2D eigenvalue weighted by Gasteiger charge is 2.18. The second-order valence-corrected chi connectivity index (χ2v) is 7.45. The first-order valence-corrected chi connectivity index (χ1v) is 9.89. The molecule has 4 rings (SSSR count). The third-order valence-electron chi connectivity index (χ3n) is 5.19. The molecule has 0 unspecified atom stereocenters. The molecule has 0 spiro atoms. The van der Waals surface area contributed by atoms with Crippen molar-refractivity contribution in [2.45, 2.75) is 27.3 Å². The molecule has 4 heterocycles. The average molecular weight is 394 g/mol. The number of aromatic nitrogens is 6. The van der Waals surface area contributed by atoms with E-state index < -0.39 is 0 Å². The topological polar surface area (TPSA) is 85.0 Å². The summed E-state index contributed by atoms with van der Waals surface area (Å²) in [5, 5.41) is 17.4. The SMILES string of the molecule is Cc1ccc(N2CCN(CCn3nc(-n4nc(C)cc4C)ccc3=O)CC2)nn1. The van der Waals surface area contributed by atoms with Gasteiger partial charge in [0, 0.05) is 44.5 Å². The van der Waals surface area contributed by atoms with Gasteiger partial charge in [0.05, 0.1) is 17.9 Å². The first-order chi connectivity index (χ1) is 14.0. The van der Waals surface area contributed by atoms with Gasteiger partial charge in [0.1, 0.15) is 0 Å². The van der Waals surface area contributed by atoms with Crippen LogP contribution in [0.1, 0.15) is 17.1 Å². The van der Waals surface area contributed by atoms with Crippen LogP contribution in [0, 0.1) is 20.8 Å². The highest BCUT2D eigenvalue weighted by Crippen LogP contribution is 2.13. The summed E-state index contributed by atoms with van der Waals surface area (Å²) in [6.07, 6.45) is 0. The molecule has 0 N–H and O–H groups in total. The van der Waals surface area contributed by atoms with Crippen molar-refractivity contribution in [2.75, 3.05) is 37.6 Å². The van der Waals surface area contributed by atoms with Crippen molar-refractivity contribution in [3.05, 3.63) is 57.8 Å². The van der Waals surface area contributed by atoms with Crippen LogP contribution in [0.2, 0.25) is 0 Å². The first kappa shape index (κ1) is 19.3. The molecular formula is C20H26N8O. The summed E-state index contributed by atoms with van der Waals surface area (Å²) in [5.74, 6) is 1.59. The van der Waals surface area contributed by atoms with E-state index in [1.807, 2.05) is 39.0 Å². The molecule has 1 saturated heterocycles. The molecule has 3 aromatic heterocycles. The van der Waals surface area contributed by atoms with Gasteiger partial charge in [0.15, 0.2) is 11.6 Å². The summed E-state index contributed by atoms with van der Waals surface area (Å²) in [4.78, 5) is 16.9. The highest BCUT2D eigenvalue weighted by molar-refractivity contribution is 5.37. The Labute approximate surface area is 169 Å². The van der Waals surface area contributed by atoms with Crippen LogP contribution in [0.25, 0.3) is 5.82 Å². The number of aryl methyl sites for hydroxylation is 3. The quantitative estimate of drug-likeness (QED) is 0.637. The van der Waals surface area contributed by atoms with Crippen LogP contribution in [-0.2, 0) is 6.54 Å². The lowest BCUT2D eigenvalue weighted by atomic mass is 10.3. The van der Waals surface area contributed by atoms with E-state index in [1.54, 1.807) is 16.8 Å². The van der Waals surface area contributed by atoms with Gasteiger partial charge in [0.2, 0.25) is 0 Å². The molecule has 0 bridgehead atoms. The van der Waals surface area contributed by atoms with Crippen LogP contribution in [0.3, 0.4) is 0 Å². The van der Waals surface area contributed by atoms with E-state index in [1.165, 1.54) is 4.68 Å². The van der Waals surface area contributed by atoms with Crippen molar-refractivity contribution in [3.8, 4) is 5.82 Å². The minimum Gasteiger partial charge on any atom is -0.353 e. The molecule has 9 nitrogen and oxygen atoms in total. The molecule has 3 aromatic rings. The number of anilines is 1. The summed E-state index contributed by atoms with van der Waals surface area (Å²) in [5.41, 5.74) is 2.76. The molecule has 0 radical (unpaired) electrons. The third-order valence-corrected chi connectivity index (χ3v) is 5.19. The van der Waals surface area contributed by atoms with Crippen LogP contribution in [0.15, 0.2) is 35.1 Å². The lowest BCUT2D eigenvalue weighted by Crippen LogP contribution is -2.48. The van der Waals surface area contributed by atoms with Crippen LogP contribution in [-0.4, -0.2) is 67.4 Å². The summed E-state index contributed by atoms with van der Waals surface area (Å²) in [6.45, 7) is 10.8. The Bertz CT molecular complexity index is 1030. The van der Waals surface area contributed by atoms with Gasteiger partial charge < -0.3 is 4.90 Å². The summed E-state index contributed by atoms with van der Waals surface area (Å²) < 4.78 is 3.30. The van der Waals surface area contributed by atoms with Crippen molar-refractivity contribution in [1.29, 1.82) is 0 Å². The minimum absolute atomic E-state index is 0.0937. The Morgan fingerprint density at radius 3 is 2.24 bits per heavy atom. The van der Waals surface area contributed by atoms with E-state index >= 15 is 0 Å². The Balaban J connectivity index is 1.37. The lowest BCUT2D eigenvalue weighted by molar-refractivity contribution is 0.242. The summed E-state index contributed by atoms with van der Waals surface area (Å²) in [7, 11) is 0. The fraction of sp³-hybridized carbons (Fsp3) is 0.450. The maximum Gasteiger partial charge on any atom is 0.266 e. The van der Waals surface area contributed by atoms with Crippen molar-refractivity contribution in [1.82, 2.24) is 34.7 Å². The Kier molecular flexibility index (Phi) is 5.39. The van der Waals surface area contributed by atoms with E-state index in [9.17, 15) is 4.79 Å². The van der Waals surface area contributed by atoms with E-state index in [-0.39, 0.29) is 5.56 Å². The van der Waals surface area contributed by atoms with E-state index in [0.29, 0.717) is 12.4 Å². The monoisotopic (exact) mass is 394 g/mol. The van der Waals surface area contributed by atoms with Gasteiger partial charge in [0.25, 0.3) is 5.56 Å². The minimum atomic E-state index is -0.0937. The number of piperazine rings is 1. The number of nitrogens with zero attached hydrogens (tertiary/aromatic N) is 8. The van der Waals surface area contributed by atoms with Gasteiger partial charge >= 0.3 is 0 Å². The van der Waals surface area contributed by atoms with Gasteiger partial charge in [-0.25, -0.2) is 9.36 Å². The van der Waals surface area contributed by atoms with Gasteiger partial charge in [-0.2, -0.15) is 10.2 Å². The molecule has 0 amide bonds. The Hall–Kier alpha value is -3.07. The molecule has 1 aliphatic heterocycles. The standard InChI is InChI=1S/C20H26N8O/c1-15-4-5-18(22-21-15)26-11-8-25(9-12-26)10-13-27-20(29)7-6-19(24-27)28-17(3)14-16(2)23-28/h4-7,14H,8-13H2,1-3H3. The molecule has 0 atom stereocenters.